The first kappa shape index (κ1) is 12.3. The van der Waals surface area contributed by atoms with Crippen LogP contribution in [0.25, 0.3) is 22.4 Å². The average Bonchev–Trinajstić information content (AvgIpc) is 2.79. The number of fused-ring (bicyclic) bond motifs is 1. The maximum atomic E-state index is 13.9. The van der Waals surface area contributed by atoms with Gasteiger partial charge in [-0.2, -0.15) is 5.26 Å². The lowest BCUT2D eigenvalue weighted by Gasteiger charge is -2.04. The number of nitriles is 1. The number of aryl methyl sites for hydroxylation is 1. The summed E-state index contributed by atoms with van der Waals surface area (Å²) in [5, 5.41) is 9.07. The quantitative estimate of drug-likeness (QED) is 0.679. The van der Waals surface area contributed by atoms with Crippen LogP contribution >= 0.6 is 0 Å². The van der Waals surface area contributed by atoms with Gasteiger partial charge in [0.05, 0.1) is 16.6 Å². The van der Waals surface area contributed by atoms with Crippen molar-refractivity contribution in [3.05, 3.63) is 53.6 Å². The van der Waals surface area contributed by atoms with E-state index >= 15 is 0 Å². The first-order valence-electron chi connectivity index (χ1n) is 5.93. The van der Waals surface area contributed by atoms with Crippen LogP contribution in [0.2, 0.25) is 0 Å². The van der Waals surface area contributed by atoms with Crippen LogP contribution in [0.5, 0.6) is 0 Å². The second kappa shape index (κ2) is 4.42. The molecule has 0 spiro atoms. The Labute approximate surface area is 113 Å². The molecule has 0 unspecified atom stereocenters. The van der Waals surface area contributed by atoms with Gasteiger partial charge < -0.3 is 4.57 Å². The molecule has 0 aliphatic carbocycles. The molecule has 0 aliphatic rings. The molecule has 0 N–H and O–H groups in total. The molecule has 0 aliphatic heterocycles. The maximum absolute atomic E-state index is 13.9. The SMILES string of the molecule is Cn1c(-c2cccc(F)c2F)nc2c(C#N)cccc21. The standard InChI is InChI=1S/C15H9F2N3/c1-20-12-7-2-4-9(8-18)14(12)19-15(20)10-5-3-6-11(16)13(10)17/h2-7H,1H3. The van der Waals surface area contributed by atoms with E-state index in [1.807, 2.05) is 6.07 Å². The highest BCUT2D eigenvalue weighted by molar-refractivity contribution is 5.85. The molecule has 0 saturated heterocycles. The van der Waals surface area contributed by atoms with Crippen molar-refractivity contribution < 1.29 is 8.78 Å². The fourth-order valence-electron chi connectivity index (χ4n) is 2.22. The number of para-hydroxylation sites is 1. The molecule has 1 heterocycles. The Balaban J connectivity index is 2.36. The number of imidazole rings is 1. The van der Waals surface area contributed by atoms with Crippen molar-refractivity contribution in [3.63, 3.8) is 0 Å². The zero-order valence-electron chi connectivity index (χ0n) is 10.6. The molecule has 0 fully saturated rings. The number of aromatic nitrogens is 2. The Morgan fingerprint density at radius 2 is 1.90 bits per heavy atom. The number of nitrogens with zero attached hydrogens (tertiary/aromatic N) is 3. The largest absolute Gasteiger partial charge is 0.327 e. The highest BCUT2D eigenvalue weighted by Gasteiger charge is 2.17. The molecule has 20 heavy (non-hydrogen) atoms. The zero-order valence-corrected chi connectivity index (χ0v) is 10.6. The average molecular weight is 269 g/mol. The van der Waals surface area contributed by atoms with Crippen molar-refractivity contribution >= 4 is 11.0 Å². The van der Waals surface area contributed by atoms with Gasteiger partial charge in [-0.1, -0.05) is 12.1 Å². The maximum Gasteiger partial charge on any atom is 0.169 e. The third kappa shape index (κ3) is 1.66. The van der Waals surface area contributed by atoms with E-state index in [9.17, 15) is 8.78 Å². The number of rotatable bonds is 1. The second-order valence-electron chi connectivity index (χ2n) is 4.38. The van der Waals surface area contributed by atoms with Crippen LogP contribution in [0, 0.1) is 23.0 Å². The van der Waals surface area contributed by atoms with E-state index in [2.05, 4.69) is 4.98 Å². The molecule has 98 valence electrons. The predicted octanol–water partition coefficient (Wildman–Crippen LogP) is 3.39. The number of hydrogen-bond donors (Lipinski definition) is 0. The predicted molar refractivity (Wildman–Crippen MR) is 70.8 cm³/mol. The molecule has 0 saturated carbocycles. The van der Waals surface area contributed by atoms with Gasteiger partial charge in [0.1, 0.15) is 17.4 Å². The molecule has 3 rings (SSSR count). The van der Waals surface area contributed by atoms with Gasteiger partial charge in [-0.25, -0.2) is 13.8 Å². The van der Waals surface area contributed by atoms with Gasteiger partial charge in [0.15, 0.2) is 11.6 Å². The summed E-state index contributed by atoms with van der Waals surface area (Å²) in [7, 11) is 1.70. The van der Waals surface area contributed by atoms with Gasteiger partial charge in [-0.3, -0.25) is 0 Å². The van der Waals surface area contributed by atoms with E-state index in [4.69, 9.17) is 5.26 Å². The van der Waals surface area contributed by atoms with E-state index in [-0.39, 0.29) is 5.56 Å². The summed E-state index contributed by atoms with van der Waals surface area (Å²) in [4.78, 5) is 4.29. The third-order valence-electron chi connectivity index (χ3n) is 3.22. The van der Waals surface area contributed by atoms with Crippen molar-refractivity contribution in [1.29, 1.82) is 5.26 Å². The van der Waals surface area contributed by atoms with Gasteiger partial charge in [-0.15, -0.1) is 0 Å². The van der Waals surface area contributed by atoms with Crippen molar-refractivity contribution in [2.75, 3.05) is 0 Å². The van der Waals surface area contributed by atoms with Crippen LogP contribution in [0.1, 0.15) is 5.56 Å². The number of benzene rings is 2. The molecule has 0 atom stereocenters. The van der Waals surface area contributed by atoms with E-state index in [0.29, 0.717) is 22.4 Å². The van der Waals surface area contributed by atoms with Gasteiger partial charge in [-0.05, 0) is 24.3 Å². The second-order valence-corrected chi connectivity index (χ2v) is 4.38. The van der Waals surface area contributed by atoms with Crippen LogP contribution in [-0.4, -0.2) is 9.55 Å². The van der Waals surface area contributed by atoms with Crippen molar-refractivity contribution in [3.8, 4) is 17.5 Å². The molecular formula is C15H9F2N3. The van der Waals surface area contributed by atoms with Gasteiger partial charge >= 0.3 is 0 Å². The first-order chi connectivity index (χ1) is 9.63. The Kier molecular flexibility index (Phi) is 2.72. The van der Waals surface area contributed by atoms with E-state index in [1.54, 1.807) is 29.8 Å². The van der Waals surface area contributed by atoms with E-state index in [1.165, 1.54) is 12.1 Å². The summed E-state index contributed by atoms with van der Waals surface area (Å²) in [5.41, 5.74) is 1.66. The van der Waals surface area contributed by atoms with Crippen LogP contribution in [0.4, 0.5) is 8.78 Å². The Hall–Kier alpha value is -2.74. The van der Waals surface area contributed by atoms with Crippen LogP contribution in [0.3, 0.4) is 0 Å². The van der Waals surface area contributed by atoms with Crippen LogP contribution in [-0.2, 0) is 7.05 Å². The fraction of sp³-hybridized carbons (Fsp3) is 0.0667. The Morgan fingerprint density at radius 1 is 1.15 bits per heavy atom. The zero-order chi connectivity index (χ0) is 14.3. The van der Waals surface area contributed by atoms with E-state index < -0.39 is 11.6 Å². The van der Waals surface area contributed by atoms with Crippen molar-refractivity contribution in [1.82, 2.24) is 9.55 Å². The molecular weight excluding hydrogens is 260 g/mol. The van der Waals surface area contributed by atoms with Gasteiger partial charge in [0, 0.05) is 7.05 Å². The molecule has 0 amide bonds. The molecule has 3 nitrogen and oxygen atoms in total. The molecule has 1 aromatic heterocycles. The topological polar surface area (TPSA) is 41.6 Å². The molecule has 2 aromatic carbocycles. The number of halogens is 2. The lowest BCUT2D eigenvalue weighted by Crippen LogP contribution is -1.96. The summed E-state index contributed by atoms with van der Waals surface area (Å²) < 4.78 is 28.9. The minimum Gasteiger partial charge on any atom is -0.327 e. The number of hydrogen-bond acceptors (Lipinski definition) is 2. The highest BCUT2D eigenvalue weighted by atomic mass is 19.2. The van der Waals surface area contributed by atoms with Gasteiger partial charge in [0.25, 0.3) is 0 Å². The smallest absolute Gasteiger partial charge is 0.169 e. The summed E-state index contributed by atoms with van der Waals surface area (Å²) in [6, 6.07) is 11.1. The lowest BCUT2D eigenvalue weighted by molar-refractivity contribution is 0.510. The molecule has 5 heteroatoms. The Bertz CT molecular complexity index is 859. The van der Waals surface area contributed by atoms with Crippen molar-refractivity contribution in [2.24, 2.45) is 7.05 Å². The summed E-state index contributed by atoms with van der Waals surface area (Å²) in [6.45, 7) is 0. The monoisotopic (exact) mass is 269 g/mol. The van der Waals surface area contributed by atoms with Gasteiger partial charge in [0.2, 0.25) is 0 Å². The van der Waals surface area contributed by atoms with Crippen LogP contribution in [0.15, 0.2) is 36.4 Å². The first-order valence-corrected chi connectivity index (χ1v) is 5.93. The summed E-state index contributed by atoms with van der Waals surface area (Å²) in [5.74, 6) is -1.57. The van der Waals surface area contributed by atoms with Crippen molar-refractivity contribution in [2.45, 2.75) is 0 Å². The minimum absolute atomic E-state index is 0.0765. The fourth-order valence-corrected chi connectivity index (χ4v) is 2.22. The molecule has 0 bridgehead atoms. The van der Waals surface area contributed by atoms with Crippen LogP contribution < -0.4 is 0 Å². The molecule has 0 radical (unpaired) electrons. The highest BCUT2D eigenvalue weighted by Crippen LogP contribution is 2.28. The third-order valence-corrected chi connectivity index (χ3v) is 3.22. The summed E-state index contributed by atoms with van der Waals surface area (Å²) in [6.07, 6.45) is 0. The summed E-state index contributed by atoms with van der Waals surface area (Å²) >= 11 is 0. The lowest BCUT2D eigenvalue weighted by atomic mass is 10.2. The normalized spacial score (nSPS) is 10.7. The molecule has 3 aromatic rings. The van der Waals surface area contributed by atoms with E-state index in [0.717, 1.165) is 6.07 Å². The Morgan fingerprint density at radius 3 is 2.65 bits per heavy atom. The minimum atomic E-state index is -0.940.